The van der Waals surface area contributed by atoms with Crippen LogP contribution in [0.2, 0.25) is 5.02 Å². The lowest BCUT2D eigenvalue weighted by Gasteiger charge is -2.18. The van der Waals surface area contributed by atoms with Crippen molar-refractivity contribution >= 4 is 27.6 Å². The van der Waals surface area contributed by atoms with Crippen LogP contribution in [0.25, 0.3) is 0 Å². The predicted octanol–water partition coefficient (Wildman–Crippen LogP) is 1.45. The molecule has 1 N–H and O–H groups in total. The maximum absolute atomic E-state index is 12.6. The maximum Gasteiger partial charge on any atom is 0.307 e. The Morgan fingerprint density at radius 3 is 2.41 bits per heavy atom. The molecule has 1 aromatic rings. The van der Waals surface area contributed by atoms with Crippen molar-refractivity contribution in [2.45, 2.75) is 11.3 Å². The van der Waals surface area contributed by atoms with E-state index in [1.165, 1.54) is 26.4 Å². The van der Waals surface area contributed by atoms with E-state index in [0.717, 1.165) is 4.31 Å². The number of hydrogen-bond acceptors (Lipinski definition) is 5. The van der Waals surface area contributed by atoms with Gasteiger partial charge in [0, 0.05) is 25.2 Å². The molecule has 0 aromatic heterocycles. The number of benzene rings is 1. The van der Waals surface area contributed by atoms with Gasteiger partial charge < -0.3 is 14.6 Å². The molecule has 1 unspecified atom stereocenters. The Balaban J connectivity index is 2.40. The predicted molar refractivity (Wildman–Crippen MR) is 79.1 cm³/mol. The zero-order valence-electron chi connectivity index (χ0n) is 12.1. The fraction of sp³-hybridized carbons (Fsp3) is 0.462. The van der Waals surface area contributed by atoms with Crippen LogP contribution in [0.1, 0.15) is 6.42 Å². The van der Waals surface area contributed by atoms with E-state index in [1.807, 2.05) is 0 Å². The first kappa shape index (κ1) is 16.9. The lowest BCUT2D eigenvalue weighted by Crippen LogP contribution is -2.30. The van der Waals surface area contributed by atoms with Gasteiger partial charge in [-0.25, -0.2) is 8.42 Å². The standard InChI is InChI=1S/C13H16ClNO6S/c1-20-10-5-9(14)12(6-11(10)21-2)22(18,19)15-4-3-8(7-15)13(16)17/h5-6,8H,3-4,7H2,1-2H3,(H,16,17). The highest BCUT2D eigenvalue weighted by atomic mass is 35.5. The minimum absolute atomic E-state index is 0.00331. The Morgan fingerprint density at radius 2 is 1.91 bits per heavy atom. The average molecular weight is 350 g/mol. The first-order chi connectivity index (χ1) is 10.3. The molecule has 1 aliphatic heterocycles. The highest BCUT2D eigenvalue weighted by molar-refractivity contribution is 7.89. The van der Waals surface area contributed by atoms with Crippen molar-refractivity contribution in [2.75, 3.05) is 27.3 Å². The van der Waals surface area contributed by atoms with Crippen molar-refractivity contribution < 1.29 is 27.8 Å². The van der Waals surface area contributed by atoms with Crippen LogP contribution in [0, 0.1) is 5.92 Å². The van der Waals surface area contributed by atoms with Crippen LogP contribution in [-0.4, -0.2) is 51.1 Å². The van der Waals surface area contributed by atoms with Crippen LogP contribution < -0.4 is 9.47 Å². The van der Waals surface area contributed by atoms with Crippen LogP contribution in [0.15, 0.2) is 17.0 Å². The number of methoxy groups -OCH3 is 2. The van der Waals surface area contributed by atoms with Crippen molar-refractivity contribution in [3.05, 3.63) is 17.2 Å². The van der Waals surface area contributed by atoms with Gasteiger partial charge in [0.25, 0.3) is 0 Å². The molecule has 1 saturated heterocycles. The summed E-state index contributed by atoms with van der Waals surface area (Å²) < 4.78 is 36.6. The maximum atomic E-state index is 12.6. The quantitative estimate of drug-likeness (QED) is 0.864. The van der Waals surface area contributed by atoms with E-state index < -0.39 is 21.9 Å². The van der Waals surface area contributed by atoms with Crippen molar-refractivity contribution in [3.8, 4) is 11.5 Å². The van der Waals surface area contributed by atoms with E-state index in [1.54, 1.807) is 0 Å². The summed E-state index contributed by atoms with van der Waals surface area (Å²) in [4.78, 5) is 10.9. The number of sulfonamides is 1. The zero-order chi connectivity index (χ0) is 16.5. The van der Waals surface area contributed by atoms with Gasteiger partial charge >= 0.3 is 5.97 Å². The van der Waals surface area contributed by atoms with Gasteiger partial charge in [-0.2, -0.15) is 4.31 Å². The van der Waals surface area contributed by atoms with Gasteiger partial charge in [-0.05, 0) is 6.42 Å². The normalized spacial score (nSPS) is 19.1. The van der Waals surface area contributed by atoms with Crippen molar-refractivity contribution in [2.24, 2.45) is 5.92 Å². The first-order valence-electron chi connectivity index (χ1n) is 6.45. The molecule has 0 bridgehead atoms. The van der Waals surface area contributed by atoms with Gasteiger partial charge in [-0.1, -0.05) is 11.6 Å². The largest absolute Gasteiger partial charge is 0.493 e. The highest BCUT2D eigenvalue weighted by Gasteiger charge is 2.37. The van der Waals surface area contributed by atoms with E-state index in [9.17, 15) is 13.2 Å². The second kappa shape index (κ2) is 6.31. The summed E-state index contributed by atoms with van der Waals surface area (Å²) in [5.41, 5.74) is 0. The van der Waals surface area contributed by atoms with Crippen LogP contribution in [0.3, 0.4) is 0 Å². The zero-order valence-corrected chi connectivity index (χ0v) is 13.6. The molecule has 1 aromatic carbocycles. The van der Waals surface area contributed by atoms with Gasteiger partial charge in [-0.3, -0.25) is 4.79 Å². The van der Waals surface area contributed by atoms with Crippen LogP contribution in [0.4, 0.5) is 0 Å². The third kappa shape index (κ3) is 2.99. The summed E-state index contributed by atoms with van der Waals surface area (Å²) in [5.74, 6) is -1.15. The number of hydrogen-bond donors (Lipinski definition) is 1. The lowest BCUT2D eigenvalue weighted by atomic mass is 10.1. The number of aliphatic carboxylic acids is 1. The third-order valence-corrected chi connectivity index (χ3v) is 5.89. The first-order valence-corrected chi connectivity index (χ1v) is 8.27. The molecule has 22 heavy (non-hydrogen) atoms. The molecule has 1 atom stereocenters. The lowest BCUT2D eigenvalue weighted by molar-refractivity contribution is -0.141. The second-order valence-corrected chi connectivity index (χ2v) is 7.14. The topological polar surface area (TPSA) is 93.1 Å². The number of rotatable bonds is 5. The molecule has 122 valence electrons. The SMILES string of the molecule is COc1cc(Cl)c(S(=O)(=O)N2CCC(C(=O)O)C2)cc1OC. The Labute approximate surface area is 133 Å². The summed E-state index contributed by atoms with van der Waals surface area (Å²) in [6.45, 7) is 0.0757. The third-order valence-electron chi connectivity index (χ3n) is 3.56. The molecule has 1 heterocycles. The van der Waals surface area contributed by atoms with E-state index in [0.29, 0.717) is 5.75 Å². The summed E-state index contributed by atoms with van der Waals surface area (Å²) in [6, 6.07) is 2.64. The van der Waals surface area contributed by atoms with Crippen LogP contribution >= 0.6 is 11.6 Å². The highest BCUT2D eigenvalue weighted by Crippen LogP contribution is 2.37. The number of carboxylic acids is 1. The van der Waals surface area contributed by atoms with Crippen LogP contribution in [-0.2, 0) is 14.8 Å². The smallest absolute Gasteiger partial charge is 0.307 e. The molecule has 0 spiro atoms. The van der Waals surface area contributed by atoms with Gasteiger partial charge in [-0.15, -0.1) is 0 Å². The van der Waals surface area contributed by atoms with Crippen molar-refractivity contribution in [1.29, 1.82) is 0 Å². The van der Waals surface area contributed by atoms with Gasteiger partial charge in [0.1, 0.15) is 4.90 Å². The molecular weight excluding hydrogens is 334 g/mol. The van der Waals surface area contributed by atoms with Crippen molar-refractivity contribution in [3.63, 3.8) is 0 Å². The second-order valence-electron chi connectivity index (χ2n) is 4.82. The van der Waals surface area contributed by atoms with Crippen LogP contribution in [0.5, 0.6) is 11.5 Å². The number of carbonyl (C=O) groups is 1. The fourth-order valence-corrected chi connectivity index (χ4v) is 4.33. The summed E-state index contributed by atoms with van der Waals surface area (Å²) >= 11 is 6.04. The van der Waals surface area contributed by atoms with Gasteiger partial charge in [0.05, 0.1) is 25.2 Å². The summed E-state index contributed by atoms with van der Waals surface area (Å²) in [5, 5.41) is 8.98. The Bertz CT molecular complexity index is 690. The summed E-state index contributed by atoms with van der Waals surface area (Å²) in [7, 11) is -1.09. The van der Waals surface area contributed by atoms with Gasteiger partial charge in [0.2, 0.25) is 10.0 Å². The average Bonchev–Trinajstić information content (AvgIpc) is 2.97. The molecular formula is C13H16ClNO6S. The molecule has 7 nitrogen and oxygen atoms in total. The van der Waals surface area contributed by atoms with Crippen molar-refractivity contribution in [1.82, 2.24) is 4.31 Å². The molecule has 0 amide bonds. The fourth-order valence-electron chi connectivity index (χ4n) is 2.32. The molecule has 1 aliphatic rings. The molecule has 1 fully saturated rings. The monoisotopic (exact) mass is 349 g/mol. The summed E-state index contributed by atoms with van der Waals surface area (Å²) in [6.07, 6.45) is 0.277. The Hall–Kier alpha value is -1.51. The van der Waals surface area contributed by atoms with E-state index in [-0.39, 0.29) is 35.2 Å². The number of carboxylic acid groups (broad SMARTS) is 1. The number of halogens is 1. The number of ether oxygens (including phenoxy) is 2. The minimum atomic E-state index is -3.89. The Kier molecular flexibility index (Phi) is 4.84. The van der Waals surface area contributed by atoms with E-state index in [4.69, 9.17) is 26.2 Å². The molecule has 0 saturated carbocycles. The van der Waals surface area contributed by atoms with E-state index >= 15 is 0 Å². The molecule has 2 rings (SSSR count). The van der Waals surface area contributed by atoms with E-state index in [2.05, 4.69) is 0 Å². The molecule has 0 aliphatic carbocycles. The Morgan fingerprint density at radius 1 is 1.32 bits per heavy atom. The number of nitrogens with zero attached hydrogens (tertiary/aromatic N) is 1. The molecule has 0 radical (unpaired) electrons. The molecule has 9 heteroatoms. The minimum Gasteiger partial charge on any atom is -0.493 e. The van der Waals surface area contributed by atoms with Gasteiger partial charge in [0.15, 0.2) is 11.5 Å².